The van der Waals surface area contributed by atoms with Crippen LogP contribution in [0.4, 0.5) is 5.69 Å². The highest BCUT2D eigenvalue weighted by Crippen LogP contribution is 2.16. The van der Waals surface area contributed by atoms with Crippen LogP contribution in [-0.4, -0.2) is 42.9 Å². The number of para-hydroxylation sites is 1. The van der Waals surface area contributed by atoms with E-state index in [0.717, 1.165) is 22.5 Å². The minimum Gasteiger partial charge on any atom is -0.451 e. The Morgan fingerprint density at radius 2 is 1.88 bits per heavy atom. The summed E-state index contributed by atoms with van der Waals surface area (Å²) in [5.41, 5.74) is 1.76. The summed E-state index contributed by atoms with van der Waals surface area (Å²) >= 11 is 1.31. The Morgan fingerprint density at radius 3 is 2.54 bits per heavy atom. The van der Waals surface area contributed by atoms with Crippen LogP contribution in [0.5, 0.6) is 0 Å². The summed E-state index contributed by atoms with van der Waals surface area (Å²) in [6.07, 6.45) is 0.795. The molecule has 138 valence electrons. The number of hydrogen-bond donors (Lipinski definition) is 1. The molecule has 1 aromatic carbocycles. The highest BCUT2D eigenvalue weighted by molar-refractivity contribution is 7.13. The van der Waals surface area contributed by atoms with Crippen molar-refractivity contribution in [2.75, 3.05) is 25.5 Å². The molecule has 1 aromatic heterocycles. The molecule has 2 rings (SSSR count). The van der Waals surface area contributed by atoms with Crippen molar-refractivity contribution in [3.8, 4) is 0 Å². The number of nitrogens with one attached hydrogen (secondary N) is 1. The standard InChI is InChI=1S/C19H22N2O4S/c1-4-14-7-5-6-8-15(14)20-17(22)11-21(3)18(23)12-25-19(24)16-10-9-13(2)26-16/h5-10H,4,11-12H2,1-3H3,(H,20,22). The largest absolute Gasteiger partial charge is 0.451 e. The second kappa shape index (κ2) is 9.15. The Morgan fingerprint density at radius 1 is 1.15 bits per heavy atom. The molecule has 0 bridgehead atoms. The summed E-state index contributed by atoms with van der Waals surface area (Å²) in [6.45, 7) is 3.37. The summed E-state index contributed by atoms with van der Waals surface area (Å²) in [5, 5.41) is 2.80. The molecule has 0 aliphatic heterocycles. The van der Waals surface area contributed by atoms with E-state index in [2.05, 4.69) is 5.32 Å². The third-order valence-electron chi connectivity index (χ3n) is 3.75. The first-order valence-electron chi connectivity index (χ1n) is 8.26. The Labute approximate surface area is 156 Å². The van der Waals surface area contributed by atoms with Gasteiger partial charge in [-0.3, -0.25) is 9.59 Å². The van der Waals surface area contributed by atoms with Crippen molar-refractivity contribution >= 4 is 34.8 Å². The number of likely N-dealkylation sites (N-methyl/N-ethyl adjacent to an activating group) is 1. The molecular weight excluding hydrogens is 352 g/mol. The molecule has 0 aliphatic rings. The SMILES string of the molecule is CCc1ccccc1NC(=O)CN(C)C(=O)COC(=O)c1ccc(C)s1. The second-order valence-electron chi connectivity index (χ2n) is 5.80. The van der Waals surface area contributed by atoms with Crippen molar-refractivity contribution in [3.05, 3.63) is 51.7 Å². The third kappa shape index (κ3) is 5.42. The lowest BCUT2D eigenvalue weighted by Crippen LogP contribution is -2.37. The molecule has 26 heavy (non-hydrogen) atoms. The lowest BCUT2D eigenvalue weighted by molar-refractivity contribution is -0.136. The van der Waals surface area contributed by atoms with E-state index in [4.69, 9.17) is 4.74 Å². The number of ether oxygens (including phenoxy) is 1. The number of benzene rings is 1. The maximum Gasteiger partial charge on any atom is 0.348 e. The Hall–Kier alpha value is -2.67. The molecule has 0 radical (unpaired) electrons. The molecule has 1 heterocycles. The molecule has 6 nitrogen and oxygen atoms in total. The van der Waals surface area contributed by atoms with Crippen LogP contribution in [0.3, 0.4) is 0 Å². The Kier molecular flexibility index (Phi) is 6.91. The molecule has 0 atom stereocenters. The first-order valence-corrected chi connectivity index (χ1v) is 9.07. The van der Waals surface area contributed by atoms with Gasteiger partial charge >= 0.3 is 5.97 Å². The fourth-order valence-electron chi connectivity index (χ4n) is 2.30. The number of hydrogen-bond acceptors (Lipinski definition) is 5. The van der Waals surface area contributed by atoms with E-state index in [0.29, 0.717) is 4.88 Å². The smallest absolute Gasteiger partial charge is 0.348 e. The molecule has 0 unspecified atom stereocenters. The molecule has 0 aliphatic carbocycles. The maximum absolute atomic E-state index is 12.1. The van der Waals surface area contributed by atoms with E-state index in [1.165, 1.54) is 23.3 Å². The van der Waals surface area contributed by atoms with Gasteiger partial charge in [-0.2, -0.15) is 0 Å². The topological polar surface area (TPSA) is 75.7 Å². The van der Waals surface area contributed by atoms with Crippen molar-refractivity contribution in [2.24, 2.45) is 0 Å². The Bertz CT molecular complexity index is 800. The number of esters is 1. The normalized spacial score (nSPS) is 10.3. The molecule has 0 spiro atoms. The molecule has 0 saturated carbocycles. The van der Waals surface area contributed by atoms with E-state index < -0.39 is 18.5 Å². The number of carbonyl (C=O) groups is 3. The highest BCUT2D eigenvalue weighted by Gasteiger charge is 2.17. The van der Waals surface area contributed by atoms with E-state index in [-0.39, 0.29) is 12.5 Å². The fourth-order valence-corrected chi connectivity index (χ4v) is 3.06. The van der Waals surface area contributed by atoms with Gasteiger partial charge in [0.25, 0.3) is 5.91 Å². The highest BCUT2D eigenvalue weighted by atomic mass is 32.1. The van der Waals surface area contributed by atoms with Gasteiger partial charge in [0.15, 0.2) is 6.61 Å². The van der Waals surface area contributed by atoms with Gasteiger partial charge in [0.1, 0.15) is 4.88 Å². The number of thiophene rings is 1. The van der Waals surface area contributed by atoms with Crippen molar-refractivity contribution in [2.45, 2.75) is 20.3 Å². The quantitative estimate of drug-likeness (QED) is 0.756. The van der Waals surface area contributed by atoms with Gasteiger partial charge in [-0.1, -0.05) is 25.1 Å². The van der Waals surface area contributed by atoms with Crippen LogP contribution in [0.1, 0.15) is 27.0 Å². The zero-order chi connectivity index (χ0) is 19.1. The zero-order valence-electron chi connectivity index (χ0n) is 15.1. The molecule has 7 heteroatoms. The van der Waals surface area contributed by atoms with Crippen LogP contribution in [0.15, 0.2) is 36.4 Å². The van der Waals surface area contributed by atoms with Gasteiger partial charge in [0, 0.05) is 17.6 Å². The van der Waals surface area contributed by atoms with Crippen molar-refractivity contribution in [1.82, 2.24) is 4.90 Å². The van der Waals surface area contributed by atoms with E-state index in [9.17, 15) is 14.4 Å². The van der Waals surface area contributed by atoms with Crippen LogP contribution in [-0.2, 0) is 20.7 Å². The molecule has 1 N–H and O–H groups in total. The van der Waals surface area contributed by atoms with Crippen molar-refractivity contribution in [1.29, 1.82) is 0 Å². The van der Waals surface area contributed by atoms with Crippen molar-refractivity contribution in [3.63, 3.8) is 0 Å². The lowest BCUT2D eigenvalue weighted by Gasteiger charge is -2.17. The Balaban J connectivity index is 1.82. The fraction of sp³-hybridized carbons (Fsp3) is 0.316. The number of anilines is 1. The van der Waals surface area contributed by atoms with Gasteiger partial charge in [-0.25, -0.2) is 4.79 Å². The predicted octanol–water partition coefficient (Wildman–Crippen LogP) is 2.87. The number of nitrogens with zero attached hydrogens (tertiary/aromatic N) is 1. The lowest BCUT2D eigenvalue weighted by atomic mass is 10.1. The number of amides is 2. The van der Waals surface area contributed by atoms with Gasteiger partial charge in [-0.05, 0) is 37.1 Å². The second-order valence-corrected chi connectivity index (χ2v) is 7.08. The van der Waals surface area contributed by atoms with Gasteiger partial charge < -0.3 is 15.0 Å². The van der Waals surface area contributed by atoms with Crippen LogP contribution < -0.4 is 5.32 Å². The molecular formula is C19H22N2O4S. The monoisotopic (exact) mass is 374 g/mol. The van der Waals surface area contributed by atoms with Gasteiger partial charge in [-0.15, -0.1) is 11.3 Å². The molecule has 2 amide bonds. The van der Waals surface area contributed by atoms with Crippen LogP contribution in [0.25, 0.3) is 0 Å². The summed E-state index contributed by atoms with van der Waals surface area (Å²) < 4.78 is 5.01. The molecule has 0 fully saturated rings. The van der Waals surface area contributed by atoms with E-state index in [1.807, 2.05) is 44.2 Å². The average Bonchev–Trinajstić information content (AvgIpc) is 3.06. The molecule has 2 aromatic rings. The maximum atomic E-state index is 12.1. The number of carbonyl (C=O) groups excluding carboxylic acids is 3. The predicted molar refractivity (Wildman–Crippen MR) is 101 cm³/mol. The van der Waals surface area contributed by atoms with E-state index >= 15 is 0 Å². The summed E-state index contributed by atoms with van der Waals surface area (Å²) in [4.78, 5) is 38.7. The summed E-state index contributed by atoms with van der Waals surface area (Å²) in [5.74, 6) is -1.28. The third-order valence-corrected chi connectivity index (χ3v) is 4.73. The van der Waals surface area contributed by atoms with Crippen molar-refractivity contribution < 1.29 is 19.1 Å². The summed E-state index contributed by atoms with van der Waals surface area (Å²) in [6, 6.07) is 11.0. The first kappa shape index (κ1) is 19.7. The van der Waals surface area contributed by atoms with Gasteiger partial charge in [0.05, 0.1) is 6.54 Å². The molecule has 0 saturated heterocycles. The minimum atomic E-state index is -0.536. The van der Waals surface area contributed by atoms with Crippen LogP contribution in [0.2, 0.25) is 0 Å². The zero-order valence-corrected chi connectivity index (χ0v) is 15.9. The van der Waals surface area contributed by atoms with Crippen LogP contribution >= 0.6 is 11.3 Å². The summed E-state index contributed by atoms with van der Waals surface area (Å²) in [7, 11) is 1.50. The number of aryl methyl sites for hydroxylation is 2. The van der Waals surface area contributed by atoms with Gasteiger partial charge in [0.2, 0.25) is 5.91 Å². The first-order chi connectivity index (χ1) is 12.4. The van der Waals surface area contributed by atoms with Crippen LogP contribution in [0, 0.1) is 6.92 Å². The average molecular weight is 374 g/mol. The van der Waals surface area contributed by atoms with E-state index in [1.54, 1.807) is 6.07 Å². The number of rotatable bonds is 7. The minimum absolute atomic E-state index is 0.119.